The summed E-state index contributed by atoms with van der Waals surface area (Å²) < 4.78 is 0. The highest BCUT2D eigenvalue weighted by molar-refractivity contribution is 6.13. The number of carbonyl (C=O) groups excluding carboxylic acids is 2. The third-order valence-corrected chi connectivity index (χ3v) is 3.41. The molecule has 0 fully saturated rings. The summed E-state index contributed by atoms with van der Waals surface area (Å²) in [5.74, 6) is -0.473. The average Bonchev–Trinajstić information content (AvgIpc) is 2.46. The molecule has 3 aromatic carbocycles. The van der Waals surface area contributed by atoms with Crippen LogP contribution in [0.3, 0.4) is 0 Å². The van der Waals surface area contributed by atoms with Crippen molar-refractivity contribution in [3.05, 3.63) is 47.5 Å². The molecule has 0 saturated heterocycles. The first-order chi connectivity index (χ1) is 9.67. The number of phenolic OH excluding ortho intramolecular Hbond substituents is 2. The van der Waals surface area contributed by atoms with E-state index in [2.05, 4.69) is 0 Å². The van der Waals surface area contributed by atoms with E-state index in [4.69, 9.17) is 0 Å². The number of hydrogen-bond acceptors (Lipinski definition) is 4. The minimum Gasteiger partial charge on any atom is -0.506 e. The van der Waals surface area contributed by atoms with Crippen molar-refractivity contribution in [3.63, 3.8) is 0 Å². The highest BCUT2D eigenvalue weighted by Gasteiger charge is 2.15. The van der Waals surface area contributed by atoms with Crippen LogP contribution in [0.4, 0.5) is 0 Å². The van der Waals surface area contributed by atoms with Gasteiger partial charge in [0, 0.05) is 10.9 Å². The van der Waals surface area contributed by atoms with E-state index < -0.39 is 0 Å². The first kappa shape index (κ1) is 12.2. The lowest BCUT2D eigenvalue weighted by Gasteiger charge is -2.10. The van der Waals surface area contributed by atoms with Crippen molar-refractivity contribution in [2.75, 3.05) is 0 Å². The van der Waals surface area contributed by atoms with Crippen molar-refractivity contribution in [1.82, 2.24) is 0 Å². The van der Waals surface area contributed by atoms with Crippen molar-refractivity contribution in [2.45, 2.75) is 0 Å². The largest absolute Gasteiger partial charge is 0.506 e. The molecule has 0 saturated carbocycles. The first-order valence-electron chi connectivity index (χ1n) is 5.98. The van der Waals surface area contributed by atoms with Crippen molar-refractivity contribution in [2.24, 2.45) is 0 Å². The molecule has 0 aliphatic carbocycles. The molecule has 0 spiro atoms. The Bertz CT molecular complexity index is 865. The Balaban J connectivity index is 2.59. The molecule has 3 aromatic rings. The van der Waals surface area contributed by atoms with Crippen LogP contribution >= 0.6 is 0 Å². The van der Waals surface area contributed by atoms with Crippen LogP contribution in [-0.2, 0) is 0 Å². The molecule has 20 heavy (non-hydrogen) atoms. The number of carbonyl (C=O) groups is 2. The Labute approximate surface area is 113 Å². The van der Waals surface area contributed by atoms with Crippen molar-refractivity contribution in [1.29, 1.82) is 0 Å². The van der Waals surface area contributed by atoms with E-state index in [1.807, 2.05) is 0 Å². The quantitative estimate of drug-likeness (QED) is 0.552. The van der Waals surface area contributed by atoms with Crippen LogP contribution in [0.15, 0.2) is 36.4 Å². The van der Waals surface area contributed by atoms with Crippen LogP contribution in [-0.4, -0.2) is 22.8 Å². The van der Waals surface area contributed by atoms with Gasteiger partial charge in [0.05, 0.1) is 10.9 Å². The Hall–Kier alpha value is -2.88. The third kappa shape index (κ3) is 1.55. The number of aldehydes is 2. The lowest BCUT2D eigenvalue weighted by molar-refractivity contribution is 0.111. The van der Waals surface area contributed by atoms with Crippen LogP contribution in [0.1, 0.15) is 20.7 Å². The van der Waals surface area contributed by atoms with E-state index in [1.165, 1.54) is 6.07 Å². The van der Waals surface area contributed by atoms with Gasteiger partial charge in [0.2, 0.25) is 0 Å². The predicted molar refractivity (Wildman–Crippen MR) is 75.6 cm³/mol. The van der Waals surface area contributed by atoms with Gasteiger partial charge in [-0.25, -0.2) is 0 Å². The molecule has 3 rings (SSSR count). The Kier molecular flexibility index (Phi) is 2.64. The van der Waals surface area contributed by atoms with Gasteiger partial charge in [-0.1, -0.05) is 24.3 Å². The van der Waals surface area contributed by atoms with Crippen LogP contribution in [0.25, 0.3) is 21.5 Å². The second-order valence-corrected chi connectivity index (χ2v) is 4.51. The molecule has 2 N–H and O–H groups in total. The minimum absolute atomic E-state index is 0.0933. The van der Waals surface area contributed by atoms with E-state index in [9.17, 15) is 19.8 Å². The van der Waals surface area contributed by atoms with Crippen LogP contribution < -0.4 is 0 Å². The number of benzene rings is 3. The summed E-state index contributed by atoms with van der Waals surface area (Å²) in [6.45, 7) is 0. The van der Waals surface area contributed by atoms with Crippen LogP contribution in [0, 0.1) is 0 Å². The van der Waals surface area contributed by atoms with Crippen molar-refractivity contribution in [3.8, 4) is 11.5 Å². The topological polar surface area (TPSA) is 74.6 Å². The Morgan fingerprint density at radius 1 is 0.750 bits per heavy atom. The standard InChI is InChI=1S/C16H10O4/c17-7-11-3-1-2-9-6-10-4-5-12(8-18)15(19)14(10)16(20)13(9)11/h1-8,19-20H. The summed E-state index contributed by atoms with van der Waals surface area (Å²) in [5, 5.41) is 22.3. The SMILES string of the molecule is O=Cc1ccc2cc3cccc(C=O)c3c(O)c2c1O. The predicted octanol–water partition coefficient (Wildman–Crippen LogP) is 3.03. The second-order valence-electron chi connectivity index (χ2n) is 4.51. The van der Waals surface area contributed by atoms with Gasteiger partial charge in [-0.2, -0.15) is 0 Å². The maximum Gasteiger partial charge on any atom is 0.153 e. The zero-order valence-electron chi connectivity index (χ0n) is 10.3. The molecule has 0 heterocycles. The molecule has 0 unspecified atom stereocenters. The fourth-order valence-electron chi connectivity index (χ4n) is 2.46. The van der Waals surface area contributed by atoms with Crippen molar-refractivity contribution >= 4 is 34.1 Å². The van der Waals surface area contributed by atoms with E-state index >= 15 is 0 Å². The molecule has 0 aliphatic heterocycles. The Morgan fingerprint density at radius 3 is 2.15 bits per heavy atom. The monoisotopic (exact) mass is 266 g/mol. The summed E-state index contributed by atoms with van der Waals surface area (Å²) in [6.07, 6.45) is 1.17. The number of aromatic hydroxyl groups is 2. The molecule has 98 valence electrons. The zero-order chi connectivity index (χ0) is 14.3. The number of hydrogen-bond donors (Lipinski definition) is 2. The normalized spacial score (nSPS) is 10.8. The number of rotatable bonds is 2. The molecule has 0 bridgehead atoms. The molecule has 4 heteroatoms. The minimum atomic E-state index is -0.280. The maximum absolute atomic E-state index is 11.1. The first-order valence-corrected chi connectivity index (χ1v) is 5.98. The zero-order valence-corrected chi connectivity index (χ0v) is 10.3. The fourth-order valence-corrected chi connectivity index (χ4v) is 2.46. The number of fused-ring (bicyclic) bond motifs is 2. The molecule has 0 aromatic heterocycles. The summed E-state index contributed by atoms with van der Waals surface area (Å²) in [7, 11) is 0. The highest BCUT2D eigenvalue weighted by Crippen LogP contribution is 2.41. The van der Waals surface area contributed by atoms with Gasteiger partial charge >= 0.3 is 0 Å². The molecule has 0 aliphatic rings. The summed E-state index contributed by atoms with van der Waals surface area (Å²) in [5.41, 5.74) is 0.425. The van der Waals surface area contributed by atoms with Crippen LogP contribution in [0.2, 0.25) is 0 Å². The smallest absolute Gasteiger partial charge is 0.153 e. The summed E-state index contributed by atoms with van der Waals surface area (Å²) in [6, 6.07) is 9.96. The maximum atomic E-state index is 11.1. The van der Waals surface area contributed by atoms with E-state index in [-0.39, 0.29) is 22.4 Å². The molecular weight excluding hydrogens is 256 g/mol. The second kappa shape index (κ2) is 4.35. The van der Waals surface area contributed by atoms with Gasteiger partial charge in [0.25, 0.3) is 0 Å². The molecule has 0 radical (unpaired) electrons. The van der Waals surface area contributed by atoms with Gasteiger partial charge in [-0.15, -0.1) is 0 Å². The fraction of sp³-hybridized carbons (Fsp3) is 0. The van der Waals surface area contributed by atoms with Crippen molar-refractivity contribution < 1.29 is 19.8 Å². The molecular formula is C16H10O4. The van der Waals surface area contributed by atoms with Crippen LogP contribution in [0.5, 0.6) is 11.5 Å². The lowest BCUT2D eigenvalue weighted by Crippen LogP contribution is -1.88. The average molecular weight is 266 g/mol. The number of phenols is 2. The highest BCUT2D eigenvalue weighted by atomic mass is 16.3. The summed E-state index contributed by atoms with van der Waals surface area (Å²) in [4.78, 5) is 22.0. The molecule has 4 nitrogen and oxygen atoms in total. The third-order valence-electron chi connectivity index (χ3n) is 3.41. The Morgan fingerprint density at radius 2 is 1.45 bits per heavy atom. The van der Waals surface area contributed by atoms with Gasteiger partial charge < -0.3 is 10.2 Å². The van der Waals surface area contributed by atoms with E-state index in [0.29, 0.717) is 34.3 Å². The summed E-state index contributed by atoms with van der Waals surface area (Å²) >= 11 is 0. The van der Waals surface area contributed by atoms with Gasteiger partial charge in [-0.3, -0.25) is 9.59 Å². The molecule has 0 amide bonds. The van der Waals surface area contributed by atoms with E-state index in [0.717, 1.165) is 0 Å². The van der Waals surface area contributed by atoms with Gasteiger partial charge in [-0.05, 0) is 22.9 Å². The van der Waals surface area contributed by atoms with Gasteiger partial charge in [0.1, 0.15) is 11.5 Å². The molecule has 0 atom stereocenters. The van der Waals surface area contributed by atoms with E-state index in [1.54, 1.807) is 30.3 Å². The van der Waals surface area contributed by atoms with Gasteiger partial charge in [0.15, 0.2) is 12.6 Å². The lowest BCUT2D eigenvalue weighted by atomic mass is 9.97.